The summed E-state index contributed by atoms with van der Waals surface area (Å²) in [6.07, 6.45) is 3.38. The number of carbonyl (C=O) groups is 1. The number of nitrogens with two attached hydrogens (primary N) is 1. The summed E-state index contributed by atoms with van der Waals surface area (Å²) in [5.41, 5.74) is 5.93. The van der Waals surface area contributed by atoms with Crippen molar-refractivity contribution in [1.82, 2.24) is 4.90 Å². The maximum absolute atomic E-state index is 12.4. The molecule has 0 bridgehead atoms. The fourth-order valence-electron chi connectivity index (χ4n) is 1.81. The van der Waals surface area contributed by atoms with Gasteiger partial charge in [0.15, 0.2) is 0 Å². The Morgan fingerprint density at radius 1 is 1.35 bits per heavy atom. The molecule has 100 valence electrons. The quantitative estimate of drug-likeness (QED) is 0.802. The number of amides is 1. The van der Waals surface area contributed by atoms with Gasteiger partial charge in [0.05, 0.1) is 6.04 Å². The Morgan fingerprint density at radius 3 is 2.24 bits per heavy atom. The van der Waals surface area contributed by atoms with E-state index in [2.05, 4.69) is 13.8 Å². The number of carbonyl (C=O) groups excluding carboxylic acids is 1. The molecule has 1 fully saturated rings. The molecule has 1 atom stereocenters. The van der Waals surface area contributed by atoms with Crippen molar-refractivity contribution in [2.75, 3.05) is 6.54 Å². The predicted octanol–water partition coefficient (Wildman–Crippen LogP) is 2.40. The van der Waals surface area contributed by atoms with Crippen LogP contribution in [-0.2, 0) is 4.79 Å². The summed E-state index contributed by atoms with van der Waals surface area (Å²) in [7, 11) is 0. The van der Waals surface area contributed by atoms with Gasteiger partial charge in [0.1, 0.15) is 0 Å². The van der Waals surface area contributed by atoms with Gasteiger partial charge in [-0.25, -0.2) is 0 Å². The van der Waals surface area contributed by atoms with Crippen LogP contribution in [0, 0.1) is 11.3 Å². The molecule has 1 saturated carbocycles. The fraction of sp³-hybridized carbons (Fsp3) is 0.929. The van der Waals surface area contributed by atoms with E-state index in [9.17, 15) is 4.79 Å². The largest absolute Gasteiger partial charge is 0.338 e. The molecule has 2 N–H and O–H groups in total. The first-order chi connectivity index (χ1) is 7.73. The number of hydrogen-bond donors (Lipinski definition) is 1. The van der Waals surface area contributed by atoms with Crippen molar-refractivity contribution < 1.29 is 4.79 Å². The standard InChI is InChI=1S/C14H28N2O/c1-10(2)8-9-16(11-6-7-11)13(17)12(15)14(3,4)5/h10-12H,6-9,15H2,1-5H3/t12-/m0/s1. The van der Waals surface area contributed by atoms with E-state index in [0.717, 1.165) is 25.8 Å². The van der Waals surface area contributed by atoms with Crippen LogP contribution in [-0.4, -0.2) is 29.4 Å². The van der Waals surface area contributed by atoms with E-state index in [1.54, 1.807) is 0 Å². The first-order valence-electron chi connectivity index (χ1n) is 6.79. The minimum atomic E-state index is -0.379. The second-order valence-electron chi connectivity index (χ2n) is 6.79. The third-order valence-corrected chi connectivity index (χ3v) is 3.42. The van der Waals surface area contributed by atoms with Gasteiger partial charge >= 0.3 is 0 Å². The van der Waals surface area contributed by atoms with Crippen molar-refractivity contribution in [2.24, 2.45) is 17.1 Å². The topological polar surface area (TPSA) is 46.3 Å². The molecule has 1 rings (SSSR count). The highest BCUT2D eigenvalue weighted by Crippen LogP contribution is 2.30. The number of hydrogen-bond acceptors (Lipinski definition) is 2. The predicted molar refractivity (Wildman–Crippen MR) is 71.6 cm³/mol. The second-order valence-corrected chi connectivity index (χ2v) is 6.79. The van der Waals surface area contributed by atoms with Crippen molar-refractivity contribution in [2.45, 2.75) is 66.0 Å². The van der Waals surface area contributed by atoms with Crippen molar-refractivity contribution >= 4 is 5.91 Å². The molecule has 0 heterocycles. The van der Waals surface area contributed by atoms with Crippen LogP contribution < -0.4 is 5.73 Å². The summed E-state index contributed by atoms with van der Waals surface area (Å²) in [6.45, 7) is 11.3. The molecule has 0 aromatic carbocycles. The summed E-state index contributed by atoms with van der Waals surface area (Å²) in [6, 6.07) is 0.0879. The lowest BCUT2D eigenvalue weighted by Crippen LogP contribution is -2.51. The van der Waals surface area contributed by atoms with Gasteiger partial charge in [-0.3, -0.25) is 4.79 Å². The molecule has 0 unspecified atom stereocenters. The Hall–Kier alpha value is -0.570. The maximum atomic E-state index is 12.4. The summed E-state index contributed by atoms with van der Waals surface area (Å²) in [4.78, 5) is 14.4. The molecule has 1 amide bonds. The molecule has 0 aromatic rings. The average molecular weight is 240 g/mol. The van der Waals surface area contributed by atoms with Crippen LogP contribution in [0.4, 0.5) is 0 Å². The lowest BCUT2D eigenvalue weighted by Gasteiger charge is -2.32. The van der Waals surface area contributed by atoms with Gasteiger partial charge in [-0.05, 0) is 30.6 Å². The van der Waals surface area contributed by atoms with E-state index in [1.165, 1.54) is 0 Å². The van der Waals surface area contributed by atoms with Crippen molar-refractivity contribution in [3.8, 4) is 0 Å². The molecule has 0 aromatic heterocycles. The van der Waals surface area contributed by atoms with Crippen LogP contribution in [0.3, 0.4) is 0 Å². The molecule has 17 heavy (non-hydrogen) atoms. The minimum absolute atomic E-state index is 0.139. The summed E-state index contributed by atoms with van der Waals surface area (Å²) in [5.74, 6) is 0.774. The second kappa shape index (κ2) is 5.38. The molecule has 0 spiro atoms. The highest BCUT2D eigenvalue weighted by Gasteiger charge is 2.38. The van der Waals surface area contributed by atoms with E-state index in [1.807, 2.05) is 25.7 Å². The maximum Gasteiger partial charge on any atom is 0.240 e. The summed E-state index contributed by atoms with van der Waals surface area (Å²) < 4.78 is 0. The summed E-state index contributed by atoms with van der Waals surface area (Å²) in [5, 5.41) is 0. The fourth-order valence-corrected chi connectivity index (χ4v) is 1.81. The Morgan fingerprint density at radius 2 is 1.88 bits per heavy atom. The third kappa shape index (κ3) is 4.30. The van der Waals surface area contributed by atoms with Crippen LogP contribution in [0.1, 0.15) is 53.9 Å². The van der Waals surface area contributed by atoms with Gasteiger partial charge < -0.3 is 10.6 Å². The van der Waals surface area contributed by atoms with Crippen LogP contribution in [0.2, 0.25) is 0 Å². The molecule has 3 heteroatoms. The van der Waals surface area contributed by atoms with E-state index in [0.29, 0.717) is 12.0 Å². The zero-order chi connectivity index (χ0) is 13.2. The van der Waals surface area contributed by atoms with E-state index >= 15 is 0 Å². The highest BCUT2D eigenvalue weighted by molar-refractivity contribution is 5.83. The Bertz CT molecular complexity index is 264. The van der Waals surface area contributed by atoms with Gasteiger partial charge in [-0.2, -0.15) is 0 Å². The number of rotatable bonds is 5. The molecule has 0 aliphatic heterocycles. The Balaban J connectivity index is 2.61. The van der Waals surface area contributed by atoms with Crippen LogP contribution in [0.15, 0.2) is 0 Å². The van der Waals surface area contributed by atoms with Crippen molar-refractivity contribution in [1.29, 1.82) is 0 Å². The van der Waals surface area contributed by atoms with Gasteiger partial charge in [0, 0.05) is 12.6 Å². The molecular formula is C14H28N2O. The first kappa shape index (κ1) is 14.5. The van der Waals surface area contributed by atoms with Gasteiger partial charge in [0.25, 0.3) is 0 Å². The smallest absolute Gasteiger partial charge is 0.240 e. The molecule has 0 radical (unpaired) electrons. The normalized spacial score (nSPS) is 18.3. The van der Waals surface area contributed by atoms with E-state index in [-0.39, 0.29) is 17.4 Å². The molecule has 1 aliphatic rings. The van der Waals surface area contributed by atoms with Gasteiger partial charge in [0.2, 0.25) is 5.91 Å². The third-order valence-electron chi connectivity index (χ3n) is 3.42. The van der Waals surface area contributed by atoms with Gasteiger partial charge in [-0.1, -0.05) is 34.6 Å². The first-order valence-corrected chi connectivity index (χ1v) is 6.79. The summed E-state index contributed by atoms with van der Waals surface area (Å²) >= 11 is 0. The van der Waals surface area contributed by atoms with Crippen molar-refractivity contribution in [3.05, 3.63) is 0 Å². The molecular weight excluding hydrogens is 212 g/mol. The SMILES string of the molecule is CC(C)CCN(C(=O)[C@H](N)C(C)(C)C)C1CC1. The molecule has 0 saturated heterocycles. The zero-order valence-electron chi connectivity index (χ0n) is 12.0. The van der Waals surface area contributed by atoms with E-state index in [4.69, 9.17) is 5.73 Å². The van der Waals surface area contributed by atoms with Crippen LogP contribution in [0.5, 0.6) is 0 Å². The minimum Gasteiger partial charge on any atom is -0.338 e. The zero-order valence-corrected chi connectivity index (χ0v) is 12.0. The molecule has 3 nitrogen and oxygen atoms in total. The Labute approximate surface area is 106 Å². The van der Waals surface area contributed by atoms with Gasteiger partial charge in [-0.15, -0.1) is 0 Å². The highest BCUT2D eigenvalue weighted by atomic mass is 16.2. The monoisotopic (exact) mass is 240 g/mol. The average Bonchev–Trinajstić information content (AvgIpc) is 2.98. The lowest BCUT2D eigenvalue weighted by atomic mass is 9.86. The van der Waals surface area contributed by atoms with E-state index < -0.39 is 0 Å². The van der Waals surface area contributed by atoms with Crippen LogP contribution >= 0.6 is 0 Å². The number of nitrogens with zero attached hydrogens (tertiary/aromatic N) is 1. The Kier molecular flexibility index (Phi) is 4.59. The molecule has 1 aliphatic carbocycles. The van der Waals surface area contributed by atoms with Crippen molar-refractivity contribution in [3.63, 3.8) is 0 Å². The van der Waals surface area contributed by atoms with Crippen LogP contribution in [0.25, 0.3) is 0 Å². The lowest BCUT2D eigenvalue weighted by molar-refractivity contribution is -0.135.